The van der Waals surface area contributed by atoms with Gasteiger partial charge in [-0.15, -0.1) is 11.3 Å². The minimum absolute atomic E-state index is 0.313. The second kappa shape index (κ2) is 6.17. The van der Waals surface area contributed by atoms with E-state index in [2.05, 4.69) is 36.3 Å². The van der Waals surface area contributed by atoms with Crippen LogP contribution in [0.25, 0.3) is 0 Å². The number of methoxy groups -OCH3 is 1. The maximum absolute atomic E-state index is 5.17. The van der Waals surface area contributed by atoms with Crippen molar-refractivity contribution in [2.24, 2.45) is 0 Å². The molecule has 0 amide bonds. The van der Waals surface area contributed by atoms with Gasteiger partial charge in [0.15, 0.2) is 0 Å². The molecule has 0 aliphatic carbocycles. The van der Waals surface area contributed by atoms with E-state index in [0.717, 1.165) is 23.0 Å². The summed E-state index contributed by atoms with van der Waals surface area (Å²) in [6.07, 6.45) is 0. The first-order valence-electron chi connectivity index (χ1n) is 6.40. The molecule has 0 saturated carbocycles. The van der Waals surface area contributed by atoms with E-state index in [1.54, 1.807) is 18.4 Å². The number of hydrogen-bond donors (Lipinski definition) is 1. The standard InChI is InChI=1S/C15H20N2OS/c1-10(13-5-7-14(18-4)8-6-13)16-9-15-11(2)17-12(3)19-15/h5-8,10,16H,9H2,1-4H3/t10-/m1/s1. The zero-order valence-corrected chi connectivity index (χ0v) is 12.7. The molecular formula is C15H20N2OS. The van der Waals surface area contributed by atoms with Crippen LogP contribution >= 0.6 is 11.3 Å². The molecule has 102 valence electrons. The molecule has 1 heterocycles. The average Bonchev–Trinajstić information content (AvgIpc) is 2.74. The molecule has 0 unspecified atom stereocenters. The molecule has 1 aromatic heterocycles. The monoisotopic (exact) mass is 276 g/mol. The van der Waals surface area contributed by atoms with E-state index in [-0.39, 0.29) is 0 Å². The lowest BCUT2D eigenvalue weighted by Crippen LogP contribution is -2.17. The number of ether oxygens (including phenoxy) is 1. The SMILES string of the molecule is COc1ccc([C@@H](C)NCc2sc(C)nc2C)cc1. The van der Waals surface area contributed by atoms with Gasteiger partial charge in [-0.3, -0.25) is 0 Å². The maximum Gasteiger partial charge on any atom is 0.118 e. The average molecular weight is 276 g/mol. The molecule has 1 atom stereocenters. The van der Waals surface area contributed by atoms with Crippen molar-refractivity contribution in [2.75, 3.05) is 7.11 Å². The first kappa shape index (κ1) is 14.0. The van der Waals surface area contributed by atoms with Gasteiger partial charge in [-0.1, -0.05) is 12.1 Å². The fourth-order valence-corrected chi connectivity index (χ4v) is 2.88. The summed E-state index contributed by atoms with van der Waals surface area (Å²) in [5.74, 6) is 0.893. The van der Waals surface area contributed by atoms with Gasteiger partial charge in [0.05, 0.1) is 17.8 Å². The number of nitrogens with one attached hydrogen (secondary N) is 1. The van der Waals surface area contributed by atoms with Crippen LogP contribution in [0, 0.1) is 13.8 Å². The Morgan fingerprint density at radius 1 is 1.26 bits per heavy atom. The van der Waals surface area contributed by atoms with Gasteiger partial charge in [0.25, 0.3) is 0 Å². The highest BCUT2D eigenvalue weighted by Gasteiger charge is 2.08. The lowest BCUT2D eigenvalue weighted by molar-refractivity contribution is 0.414. The Kier molecular flexibility index (Phi) is 4.56. The van der Waals surface area contributed by atoms with Gasteiger partial charge in [0, 0.05) is 17.5 Å². The van der Waals surface area contributed by atoms with Crippen molar-refractivity contribution in [1.29, 1.82) is 0 Å². The smallest absolute Gasteiger partial charge is 0.118 e. The van der Waals surface area contributed by atoms with Gasteiger partial charge in [-0.2, -0.15) is 0 Å². The van der Waals surface area contributed by atoms with Crippen LogP contribution < -0.4 is 10.1 Å². The first-order valence-corrected chi connectivity index (χ1v) is 7.22. The second-order valence-electron chi connectivity index (χ2n) is 4.62. The molecule has 1 aromatic carbocycles. The Balaban J connectivity index is 1.96. The molecule has 0 radical (unpaired) electrons. The Morgan fingerprint density at radius 2 is 1.95 bits per heavy atom. The van der Waals surface area contributed by atoms with Crippen LogP contribution in [-0.4, -0.2) is 12.1 Å². The van der Waals surface area contributed by atoms with E-state index in [0.29, 0.717) is 6.04 Å². The fourth-order valence-electron chi connectivity index (χ4n) is 1.99. The van der Waals surface area contributed by atoms with Crippen LogP contribution in [-0.2, 0) is 6.54 Å². The fraction of sp³-hybridized carbons (Fsp3) is 0.400. The van der Waals surface area contributed by atoms with Crippen LogP contribution in [0.5, 0.6) is 5.75 Å². The summed E-state index contributed by atoms with van der Waals surface area (Å²) in [5.41, 5.74) is 2.40. The summed E-state index contributed by atoms with van der Waals surface area (Å²) in [7, 11) is 1.69. The van der Waals surface area contributed by atoms with Crippen molar-refractivity contribution >= 4 is 11.3 Å². The van der Waals surface area contributed by atoms with Crippen molar-refractivity contribution in [3.05, 3.63) is 45.4 Å². The zero-order chi connectivity index (χ0) is 13.8. The third kappa shape index (κ3) is 3.55. The van der Waals surface area contributed by atoms with Gasteiger partial charge in [0.1, 0.15) is 5.75 Å². The third-order valence-corrected chi connectivity index (χ3v) is 4.26. The van der Waals surface area contributed by atoms with Gasteiger partial charge < -0.3 is 10.1 Å². The van der Waals surface area contributed by atoms with E-state index in [1.807, 2.05) is 19.1 Å². The number of thiazole rings is 1. The summed E-state index contributed by atoms with van der Waals surface area (Å²) in [6, 6.07) is 8.50. The summed E-state index contributed by atoms with van der Waals surface area (Å²) >= 11 is 1.76. The predicted octanol–water partition coefficient (Wildman–Crippen LogP) is 3.62. The molecule has 19 heavy (non-hydrogen) atoms. The Morgan fingerprint density at radius 3 is 2.47 bits per heavy atom. The van der Waals surface area contributed by atoms with Crippen molar-refractivity contribution in [3.8, 4) is 5.75 Å². The molecular weight excluding hydrogens is 256 g/mol. The molecule has 0 bridgehead atoms. The predicted molar refractivity (Wildman–Crippen MR) is 79.8 cm³/mol. The number of nitrogens with zero attached hydrogens (tertiary/aromatic N) is 1. The van der Waals surface area contributed by atoms with Crippen molar-refractivity contribution in [2.45, 2.75) is 33.4 Å². The number of aromatic nitrogens is 1. The van der Waals surface area contributed by atoms with Crippen LogP contribution in [0.15, 0.2) is 24.3 Å². The van der Waals surface area contributed by atoms with Gasteiger partial charge >= 0.3 is 0 Å². The number of rotatable bonds is 5. The van der Waals surface area contributed by atoms with Crippen molar-refractivity contribution in [1.82, 2.24) is 10.3 Å². The summed E-state index contributed by atoms with van der Waals surface area (Å²) in [4.78, 5) is 5.76. The summed E-state index contributed by atoms with van der Waals surface area (Å²) in [5, 5.41) is 4.67. The van der Waals surface area contributed by atoms with E-state index < -0.39 is 0 Å². The molecule has 0 fully saturated rings. The molecule has 0 aliphatic heterocycles. The van der Waals surface area contributed by atoms with Crippen molar-refractivity contribution < 1.29 is 4.74 Å². The molecule has 1 N–H and O–H groups in total. The maximum atomic E-state index is 5.17. The summed E-state index contributed by atoms with van der Waals surface area (Å²) < 4.78 is 5.17. The van der Waals surface area contributed by atoms with Crippen LogP contribution in [0.1, 0.15) is 34.1 Å². The minimum Gasteiger partial charge on any atom is -0.497 e. The molecule has 3 nitrogen and oxygen atoms in total. The molecule has 2 aromatic rings. The van der Waals surface area contributed by atoms with E-state index in [4.69, 9.17) is 4.74 Å². The van der Waals surface area contributed by atoms with Crippen molar-refractivity contribution in [3.63, 3.8) is 0 Å². The molecule has 0 aliphatic rings. The van der Waals surface area contributed by atoms with Crippen LogP contribution in [0.3, 0.4) is 0 Å². The van der Waals surface area contributed by atoms with E-state index in [1.165, 1.54) is 10.4 Å². The topological polar surface area (TPSA) is 34.1 Å². The highest BCUT2D eigenvalue weighted by atomic mass is 32.1. The van der Waals surface area contributed by atoms with E-state index in [9.17, 15) is 0 Å². The highest BCUT2D eigenvalue weighted by Crippen LogP contribution is 2.20. The highest BCUT2D eigenvalue weighted by molar-refractivity contribution is 7.11. The quantitative estimate of drug-likeness (QED) is 0.905. The molecule has 0 saturated heterocycles. The Bertz CT molecular complexity index is 534. The van der Waals surface area contributed by atoms with Crippen LogP contribution in [0.2, 0.25) is 0 Å². The lowest BCUT2D eigenvalue weighted by Gasteiger charge is -2.14. The van der Waals surface area contributed by atoms with Gasteiger partial charge in [-0.05, 0) is 38.5 Å². The zero-order valence-electron chi connectivity index (χ0n) is 11.9. The largest absolute Gasteiger partial charge is 0.497 e. The number of benzene rings is 1. The number of hydrogen-bond acceptors (Lipinski definition) is 4. The van der Waals surface area contributed by atoms with Gasteiger partial charge in [0.2, 0.25) is 0 Å². The minimum atomic E-state index is 0.313. The number of aryl methyl sites for hydroxylation is 2. The Labute approximate surface area is 118 Å². The lowest BCUT2D eigenvalue weighted by atomic mass is 10.1. The normalized spacial score (nSPS) is 12.4. The first-order chi connectivity index (χ1) is 9.10. The third-order valence-electron chi connectivity index (χ3n) is 3.18. The molecule has 2 rings (SSSR count). The second-order valence-corrected chi connectivity index (χ2v) is 5.90. The van der Waals surface area contributed by atoms with Gasteiger partial charge in [-0.25, -0.2) is 4.98 Å². The van der Waals surface area contributed by atoms with E-state index >= 15 is 0 Å². The van der Waals surface area contributed by atoms with Crippen LogP contribution in [0.4, 0.5) is 0 Å². The molecule has 0 spiro atoms. The Hall–Kier alpha value is -1.39. The summed E-state index contributed by atoms with van der Waals surface area (Å²) in [6.45, 7) is 7.15. The molecule has 4 heteroatoms.